The zero-order valence-corrected chi connectivity index (χ0v) is 12.7. The van der Waals surface area contributed by atoms with E-state index in [2.05, 4.69) is 42.0 Å². The van der Waals surface area contributed by atoms with Crippen LogP contribution in [0.1, 0.15) is 39.9 Å². The maximum Gasteiger partial charge on any atom is 0.205 e. The topological polar surface area (TPSA) is 55.0 Å². The van der Waals surface area contributed by atoms with E-state index in [1.165, 1.54) is 11.5 Å². The molecule has 1 aromatic heterocycles. The zero-order chi connectivity index (χ0) is 13.2. The fourth-order valence-electron chi connectivity index (χ4n) is 1.28. The van der Waals surface area contributed by atoms with E-state index in [4.69, 9.17) is 18.0 Å². The van der Waals surface area contributed by atoms with Crippen LogP contribution in [0.15, 0.2) is 0 Å². The molecule has 0 aromatic carbocycles. The molecule has 1 aromatic rings. The number of hydrogen-bond acceptors (Lipinski definition) is 5. The zero-order valence-electron chi connectivity index (χ0n) is 11.0. The average Bonchev–Trinajstić information content (AvgIpc) is 2.63. The van der Waals surface area contributed by atoms with Gasteiger partial charge in [-0.3, -0.25) is 0 Å². The quantitative estimate of drug-likeness (QED) is 0.853. The third kappa shape index (κ3) is 3.89. The number of thiocarbonyl (C=S) groups is 1. The third-order valence-electron chi connectivity index (χ3n) is 2.55. The SMILES string of the molecule is CC(CC(N)=S)N(C)c1nc(C(C)(C)C)ns1. The lowest BCUT2D eigenvalue weighted by molar-refractivity contribution is 0.553. The van der Waals surface area contributed by atoms with E-state index in [0.717, 1.165) is 11.0 Å². The summed E-state index contributed by atoms with van der Waals surface area (Å²) in [4.78, 5) is 7.17. The van der Waals surface area contributed by atoms with E-state index in [9.17, 15) is 0 Å². The lowest BCUT2D eigenvalue weighted by Gasteiger charge is -2.23. The molecule has 1 rings (SSSR count). The first-order valence-corrected chi connectivity index (χ1v) is 6.75. The van der Waals surface area contributed by atoms with Gasteiger partial charge in [-0.15, -0.1) is 0 Å². The van der Waals surface area contributed by atoms with Crippen LogP contribution in [0.3, 0.4) is 0 Å². The Morgan fingerprint density at radius 1 is 1.53 bits per heavy atom. The molecular formula is C11H20N4S2. The van der Waals surface area contributed by atoms with Gasteiger partial charge in [-0.05, 0) is 6.92 Å². The van der Waals surface area contributed by atoms with Crippen LogP contribution in [0, 0.1) is 0 Å². The molecule has 0 saturated carbocycles. The third-order valence-corrected chi connectivity index (χ3v) is 3.52. The molecule has 0 aliphatic carbocycles. The second-order valence-corrected chi connectivity index (χ2v) is 6.54. The van der Waals surface area contributed by atoms with Crippen LogP contribution in [-0.4, -0.2) is 27.4 Å². The molecule has 1 atom stereocenters. The lowest BCUT2D eigenvalue weighted by Crippen LogP contribution is -2.32. The van der Waals surface area contributed by atoms with Gasteiger partial charge in [0.1, 0.15) is 5.82 Å². The number of anilines is 1. The van der Waals surface area contributed by atoms with Crippen molar-refractivity contribution >= 4 is 33.9 Å². The van der Waals surface area contributed by atoms with Crippen molar-refractivity contribution < 1.29 is 0 Å². The molecule has 1 unspecified atom stereocenters. The van der Waals surface area contributed by atoms with Crippen LogP contribution in [-0.2, 0) is 5.41 Å². The number of nitrogens with two attached hydrogens (primary N) is 1. The van der Waals surface area contributed by atoms with Crippen molar-refractivity contribution in [3.8, 4) is 0 Å². The first-order chi connectivity index (χ1) is 7.71. The number of aromatic nitrogens is 2. The van der Waals surface area contributed by atoms with Crippen LogP contribution in [0.4, 0.5) is 5.13 Å². The summed E-state index contributed by atoms with van der Waals surface area (Å²) in [5, 5.41) is 0.915. The molecule has 0 bridgehead atoms. The van der Waals surface area contributed by atoms with Gasteiger partial charge in [-0.1, -0.05) is 33.0 Å². The minimum absolute atomic E-state index is 0.0119. The fraction of sp³-hybridized carbons (Fsp3) is 0.727. The molecule has 0 spiro atoms. The standard InChI is InChI=1S/C11H20N4S2/c1-7(6-8(12)16)15(5)10-13-9(14-17-10)11(2,3)4/h7H,6H2,1-5H3,(H2,12,16). The van der Waals surface area contributed by atoms with Gasteiger partial charge < -0.3 is 10.6 Å². The fourth-order valence-corrected chi connectivity index (χ4v) is 2.44. The lowest BCUT2D eigenvalue weighted by atomic mass is 9.96. The summed E-state index contributed by atoms with van der Waals surface area (Å²) in [6.07, 6.45) is 0.691. The summed E-state index contributed by atoms with van der Waals surface area (Å²) in [6, 6.07) is 0.244. The summed E-state index contributed by atoms with van der Waals surface area (Å²) >= 11 is 6.34. The van der Waals surface area contributed by atoms with Crippen molar-refractivity contribution in [2.75, 3.05) is 11.9 Å². The molecule has 17 heavy (non-hydrogen) atoms. The molecule has 0 aliphatic heterocycles. The first-order valence-electron chi connectivity index (χ1n) is 5.57. The molecule has 2 N–H and O–H groups in total. The number of nitrogens with zero attached hydrogens (tertiary/aromatic N) is 3. The van der Waals surface area contributed by atoms with Gasteiger partial charge in [-0.2, -0.15) is 4.37 Å². The van der Waals surface area contributed by atoms with E-state index < -0.39 is 0 Å². The summed E-state index contributed by atoms with van der Waals surface area (Å²) in [5.74, 6) is 0.881. The number of hydrogen-bond donors (Lipinski definition) is 1. The predicted octanol–water partition coefficient (Wildman–Crippen LogP) is 2.34. The van der Waals surface area contributed by atoms with Crippen LogP contribution in [0.2, 0.25) is 0 Å². The van der Waals surface area contributed by atoms with E-state index in [1.807, 2.05) is 7.05 Å². The van der Waals surface area contributed by atoms with Gasteiger partial charge in [-0.25, -0.2) is 4.98 Å². The smallest absolute Gasteiger partial charge is 0.205 e. The van der Waals surface area contributed by atoms with Gasteiger partial charge in [0.05, 0.1) is 4.99 Å². The van der Waals surface area contributed by atoms with Gasteiger partial charge in [0.25, 0.3) is 0 Å². The second kappa shape index (κ2) is 5.27. The molecule has 0 fully saturated rings. The van der Waals surface area contributed by atoms with E-state index in [1.54, 1.807) is 0 Å². The molecule has 0 aliphatic rings. The van der Waals surface area contributed by atoms with Crippen molar-refractivity contribution in [3.05, 3.63) is 5.82 Å². The highest BCUT2D eigenvalue weighted by Crippen LogP contribution is 2.25. The minimum atomic E-state index is -0.0119. The normalized spacial score (nSPS) is 13.5. The Balaban J connectivity index is 2.79. The summed E-state index contributed by atoms with van der Waals surface area (Å²) in [6.45, 7) is 8.41. The van der Waals surface area contributed by atoms with E-state index in [0.29, 0.717) is 11.4 Å². The van der Waals surface area contributed by atoms with Crippen LogP contribution >= 0.6 is 23.8 Å². The maximum atomic E-state index is 5.56. The summed E-state index contributed by atoms with van der Waals surface area (Å²) in [5.41, 5.74) is 5.54. The molecular weight excluding hydrogens is 252 g/mol. The Morgan fingerprint density at radius 2 is 2.12 bits per heavy atom. The molecule has 0 radical (unpaired) electrons. The van der Waals surface area contributed by atoms with E-state index in [-0.39, 0.29) is 11.5 Å². The Hall–Kier alpha value is -0.750. The largest absolute Gasteiger partial charge is 0.393 e. The van der Waals surface area contributed by atoms with Crippen molar-refractivity contribution in [1.29, 1.82) is 0 Å². The Labute approximate surface area is 112 Å². The highest BCUT2D eigenvalue weighted by Gasteiger charge is 2.22. The van der Waals surface area contributed by atoms with Gasteiger partial charge in [0.2, 0.25) is 5.13 Å². The summed E-state index contributed by atoms with van der Waals surface area (Å²) < 4.78 is 4.39. The molecule has 0 amide bonds. The Morgan fingerprint density at radius 3 is 2.53 bits per heavy atom. The van der Waals surface area contributed by atoms with Gasteiger partial charge in [0.15, 0.2) is 0 Å². The molecule has 96 valence electrons. The average molecular weight is 272 g/mol. The Kier molecular flexibility index (Phi) is 4.43. The van der Waals surface area contributed by atoms with Crippen molar-refractivity contribution in [1.82, 2.24) is 9.36 Å². The van der Waals surface area contributed by atoms with Crippen molar-refractivity contribution in [2.24, 2.45) is 5.73 Å². The highest BCUT2D eigenvalue weighted by molar-refractivity contribution is 7.80. The van der Waals surface area contributed by atoms with Crippen LogP contribution in [0.5, 0.6) is 0 Å². The van der Waals surface area contributed by atoms with Crippen LogP contribution < -0.4 is 10.6 Å². The van der Waals surface area contributed by atoms with Crippen molar-refractivity contribution in [3.63, 3.8) is 0 Å². The maximum absolute atomic E-state index is 5.56. The van der Waals surface area contributed by atoms with Crippen molar-refractivity contribution in [2.45, 2.75) is 45.6 Å². The van der Waals surface area contributed by atoms with Gasteiger partial charge >= 0.3 is 0 Å². The molecule has 6 heteroatoms. The molecule has 1 heterocycles. The predicted molar refractivity (Wildman–Crippen MR) is 77.9 cm³/mol. The Bertz CT molecular complexity index is 394. The van der Waals surface area contributed by atoms with Crippen LogP contribution in [0.25, 0.3) is 0 Å². The summed E-state index contributed by atoms with van der Waals surface area (Å²) in [7, 11) is 2.00. The monoisotopic (exact) mass is 272 g/mol. The molecule has 0 saturated heterocycles. The van der Waals surface area contributed by atoms with Gasteiger partial charge in [0, 0.05) is 36.5 Å². The van der Waals surface area contributed by atoms with E-state index >= 15 is 0 Å². The number of rotatable bonds is 4. The molecule has 4 nitrogen and oxygen atoms in total. The first kappa shape index (κ1) is 14.3. The highest BCUT2D eigenvalue weighted by atomic mass is 32.1. The second-order valence-electron chi connectivity index (χ2n) is 5.28. The minimum Gasteiger partial charge on any atom is -0.393 e.